The number of aromatic nitrogens is 2. The first-order valence-corrected chi connectivity index (χ1v) is 6.73. The lowest BCUT2D eigenvalue weighted by molar-refractivity contribution is -0.101. The molecule has 18 heavy (non-hydrogen) atoms. The van der Waals surface area contributed by atoms with Crippen molar-refractivity contribution >= 4 is 0 Å². The van der Waals surface area contributed by atoms with E-state index in [2.05, 4.69) is 10.00 Å². The summed E-state index contributed by atoms with van der Waals surface area (Å²) in [4.78, 5) is 2.46. The summed E-state index contributed by atoms with van der Waals surface area (Å²) in [6.07, 6.45) is 6.40. The van der Waals surface area contributed by atoms with Crippen molar-refractivity contribution in [2.75, 3.05) is 19.7 Å². The van der Waals surface area contributed by atoms with Crippen LogP contribution in [0.2, 0.25) is 0 Å². The summed E-state index contributed by atoms with van der Waals surface area (Å²) in [7, 11) is 1.89. The van der Waals surface area contributed by atoms with E-state index < -0.39 is 6.10 Å². The van der Waals surface area contributed by atoms with E-state index in [1.165, 1.54) is 12.8 Å². The van der Waals surface area contributed by atoms with E-state index in [1.807, 2.05) is 19.4 Å². The molecule has 0 radical (unpaired) electrons. The van der Waals surface area contributed by atoms with E-state index in [-0.39, 0.29) is 6.10 Å². The van der Waals surface area contributed by atoms with Gasteiger partial charge in [-0.25, -0.2) is 0 Å². The van der Waals surface area contributed by atoms with Gasteiger partial charge in [-0.05, 0) is 24.9 Å². The average Bonchev–Trinajstić information content (AvgIpc) is 2.96. The van der Waals surface area contributed by atoms with Crippen molar-refractivity contribution in [2.24, 2.45) is 7.05 Å². The molecule has 2 fully saturated rings. The van der Waals surface area contributed by atoms with Gasteiger partial charge in [0.25, 0.3) is 0 Å². The van der Waals surface area contributed by atoms with Gasteiger partial charge < -0.3 is 9.84 Å². The second kappa shape index (κ2) is 4.99. The minimum absolute atomic E-state index is 0.0560. The van der Waals surface area contributed by atoms with Crippen LogP contribution >= 0.6 is 0 Å². The lowest BCUT2D eigenvalue weighted by Crippen LogP contribution is -2.50. The summed E-state index contributed by atoms with van der Waals surface area (Å²) in [6, 6.07) is 0.590. The van der Waals surface area contributed by atoms with Gasteiger partial charge in [0.15, 0.2) is 0 Å². The minimum atomic E-state index is -0.434. The molecule has 0 bridgehead atoms. The third-order valence-electron chi connectivity index (χ3n) is 4.05. The highest BCUT2D eigenvalue weighted by atomic mass is 16.5. The number of rotatable bonds is 3. The molecule has 5 nitrogen and oxygen atoms in total. The van der Waals surface area contributed by atoms with Crippen molar-refractivity contribution in [3.8, 4) is 0 Å². The molecule has 2 aliphatic heterocycles. The quantitative estimate of drug-likeness (QED) is 0.833. The molecule has 5 heteroatoms. The third-order valence-corrected chi connectivity index (χ3v) is 4.05. The number of hydrogen-bond acceptors (Lipinski definition) is 4. The molecule has 0 aliphatic carbocycles. The SMILES string of the molecule is Cn1cc(CC(O)C2CN3CCCC3CO2)cn1. The van der Waals surface area contributed by atoms with Crippen LogP contribution in [0.25, 0.3) is 0 Å². The molecule has 3 atom stereocenters. The zero-order valence-corrected chi connectivity index (χ0v) is 10.8. The first-order valence-electron chi connectivity index (χ1n) is 6.73. The molecule has 3 unspecified atom stereocenters. The molecule has 100 valence electrons. The third kappa shape index (κ3) is 2.43. The molecule has 2 saturated heterocycles. The Morgan fingerprint density at radius 2 is 2.50 bits per heavy atom. The van der Waals surface area contributed by atoms with Crippen LogP contribution in [-0.4, -0.2) is 57.7 Å². The number of hydrogen-bond donors (Lipinski definition) is 1. The van der Waals surface area contributed by atoms with Crippen LogP contribution in [0.4, 0.5) is 0 Å². The molecule has 1 aromatic heterocycles. The predicted molar refractivity (Wildman–Crippen MR) is 67.3 cm³/mol. The maximum absolute atomic E-state index is 10.3. The highest BCUT2D eigenvalue weighted by Gasteiger charge is 2.35. The van der Waals surface area contributed by atoms with Crippen molar-refractivity contribution in [1.29, 1.82) is 0 Å². The zero-order chi connectivity index (χ0) is 12.5. The number of aryl methyl sites for hydroxylation is 1. The van der Waals surface area contributed by atoms with Crippen LogP contribution in [0.3, 0.4) is 0 Å². The molecule has 3 rings (SSSR count). The number of ether oxygens (including phenoxy) is 1. The van der Waals surface area contributed by atoms with E-state index >= 15 is 0 Å². The standard InChI is InChI=1S/C13H21N3O2/c1-15-7-10(6-14-15)5-12(17)13-8-16-4-2-3-11(16)9-18-13/h6-7,11-13,17H,2-5,8-9H2,1H3. The fourth-order valence-corrected chi connectivity index (χ4v) is 3.03. The Labute approximate surface area is 107 Å². The normalized spacial score (nSPS) is 30.3. The van der Waals surface area contributed by atoms with E-state index in [4.69, 9.17) is 4.74 Å². The number of morpholine rings is 1. The van der Waals surface area contributed by atoms with Crippen molar-refractivity contribution in [3.63, 3.8) is 0 Å². The van der Waals surface area contributed by atoms with E-state index in [1.54, 1.807) is 4.68 Å². The largest absolute Gasteiger partial charge is 0.390 e. The second-order valence-corrected chi connectivity index (χ2v) is 5.46. The summed E-state index contributed by atoms with van der Waals surface area (Å²) in [5, 5.41) is 14.4. The highest BCUT2D eigenvalue weighted by Crippen LogP contribution is 2.24. The topological polar surface area (TPSA) is 50.5 Å². The van der Waals surface area contributed by atoms with Gasteiger partial charge in [0, 0.05) is 32.3 Å². The Kier molecular flexibility index (Phi) is 3.37. The van der Waals surface area contributed by atoms with Crippen LogP contribution in [-0.2, 0) is 18.2 Å². The van der Waals surface area contributed by atoms with Gasteiger partial charge in [-0.3, -0.25) is 9.58 Å². The fourth-order valence-electron chi connectivity index (χ4n) is 3.03. The molecular weight excluding hydrogens is 230 g/mol. The minimum Gasteiger partial charge on any atom is -0.390 e. The summed E-state index contributed by atoms with van der Waals surface area (Å²) in [5.41, 5.74) is 1.07. The molecule has 1 aromatic rings. The van der Waals surface area contributed by atoms with Crippen LogP contribution in [0.15, 0.2) is 12.4 Å². The predicted octanol–water partition coefficient (Wildman–Crippen LogP) is 0.187. The fraction of sp³-hybridized carbons (Fsp3) is 0.769. The van der Waals surface area contributed by atoms with Crippen molar-refractivity contribution in [2.45, 2.75) is 37.5 Å². The number of fused-ring (bicyclic) bond motifs is 1. The highest BCUT2D eigenvalue weighted by molar-refractivity contribution is 5.06. The molecule has 1 N–H and O–H groups in total. The second-order valence-electron chi connectivity index (χ2n) is 5.46. The van der Waals surface area contributed by atoms with Gasteiger partial charge in [0.1, 0.15) is 0 Å². The van der Waals surface area contributed by atoms with Gasteiger partial charge in [-0.15, -0.1) is 0 Å². The molecule has 0 saturated carbocycles. The Morgan fingerprint density at radius 1 is 1.61 bits per heavy atom. The monoisotopic (exact) mass is 251 g/mol. The lowest BCUT2D eigenvalue weighted by atomic mass is 10.0. The Bertz CT molecular complexity index is 407. The van der Waals surface area contributed by atoms with Crippen LogP contribution in [0.1, 0.15) is 18.4 Å². The van der Waals surface area contributed by atoms with Gasteiger partial charge in [-0.2, -0.15) is 5.10 Å². The Morgan fingerprint density at radius 3 is 3.28 bits per heavy atom. The van der Waals surface area contributed by atoms with Gasteiger partial charge in [0.05, 0.1) is 25.0 Å². The summed E-state index contributed by atoms with van der Waals surface area (Å²) >= 11 is 0. The van der Waals surface area contributed by atoms with Crippen molar-refractivity contribution < 1.29 is 9.84 Å². The smallest absolute Gasteiger partial charge is 0.0964 e. The van der Waals surface area contributed by atoms with Gasteiger partial charge >= 0.3 is 0 Å². The maximum atomic E-state index is 10.3. The Balaban J connectivity index is 1.57. The number of aliphatic hydroxyl groups excluding tert-OH is 1. The van der Waals surface area contributed by atoms with Crippen LogP contribution in [0.5, 0.6) is 0 Å². The maximum Gasteiger partial charge on any atom is 0.0964 e. The average molecular weight is 251 g/mol. The summed E-state index contributed by atoms with van der Waals surface area (Å²) in [5.74, 6) is 0. The van der Waals surface area contributed by atoms with Crippen LogP contribution in [0, 0.1) is 0 Å². The zero-order valence-electron chi connectivity index (χ0n) is 10.8. The van der Waals surface area contributed by atoms with E-state index in [9.17, 15) is 5.11 Å². The van der Waals surface area contributed by atoms with E-state index in [0.717, 1.165) is 25.3 Å². The Hall–Kier alpha value is -0.910. The number of aliphatic hydroxyl groups is 1. The van der Waals surface area contributed by atoms with Gasteiger partial charge in [0.2, 0.25) is 0 Å². The number of nitrogens with zero attached hydrogens (tertiary/aromatic N) is 3. The van der Waals surface area contributed by atoms with Crippen LogP contribution < -0.4 is 0 Å². The van der Waals surface area contributed by atoms with Gasteiger partial charge in [-0.1, -0.05) is 0 Å². The lowest BCUT2D eigenvalue weighted by Gasteiger charge is -2.37. The van der Waals surface area contributed by atoms with Crippen molar-refractivity contribution in [3.05, 3.63) is 18.0 Å². The van der Waals surface area contributed by atoms with Crippen molar-refractivity contribution in [1.82, 2.24) is 14.7 Å². The molecule has 3 heterocycles. The first kappa shape index (κ1) is 12.1. The summed E-state index contributed by atoms with van der Waals surface area (Å²) < 4.78 is 7.58. The van der Waals surface area contributed by atoms with E-state index in [0.29, 0.717) is 12.5 Å². The molecule has 0 spiro atoms. The molecular formula is C13H21N3O2. The summed E-state index contributed by atoms with van der Waals surface area (Å²) in [6.45, 7) is 2.80. The molecule has 0 amide bonds. The molecule has 2 aliphatic rings. The first-order chi connectivity index (χ1) is 8.72. The molecule has 0 aromatic carbocycles.